The molecule has 0 aromatic heterocycles. The standard InChI is InChI=1S/C7H20N4/c1-3-11(2)7-10-6-9-5-4-8/h9-10H,3-8H2,1-2H3. The molecule has 4 nitrogen and oxygen atoms in total. The largest absolute Gasteiger partial charge is 0.329 e. The molecule has 68 valence electrons. The molecular formula is C7H20N4. The molecule has 0 atom stereocenters. The van der Waals surface area contributed by atoms with Gasteiger partial charge in [-0.2, -0.15) is 0 Å². The highest BCUT2D eigenvalue weighted by Gasteiger charge is 1.90. The highest BCUT2D eigenvalue weighted by Crippen LogP contribution is 1.73. The van der Waals surface area contributed by atoms with E-state index in [-0.39, 0.29) is 0 Å². The van der Waals surface area contributed by atoms with Crippen molar-refractivity contribution in [2.75, 3.05) is 40.0 Å². The highest BCUT2D eigenvalue weighted by atomic mass is 15.2. The van der Waals surface area contributed by atoms with Crippen LogP contribution in [0.2, 0.25) is 0 Å². The molecule has 0 aromatic carbocycles. The molecule has 0 aliphatic carbocycles. The van der Waals surface area contributed by atoms with Crippen LogP contribution in [0.25, 0.3) is 0 Å². The third-order valence-corrected chi connectivity index (χ3v) is 1.49. The Hall–Kier alpha value is -0.160. The second kappa shape index (κ2) is 7.94. The van der Waals surface area contributed by atoms with Gasteiger partial charge in [-0.1, -0.05) is 6.92 Å². The van der Waals surface area contributed by atoms with Gasteiger partial charge >= 0.3 is 0 Å². The van der Waals surface area contributed by atoms with Crippen LogP contribution < -0.4 is 16.4 Å². The maximum Gasteiger partial charge on any atom is 0.0487 e. The van der Waals surface area contributed by atoms with E-state index in [9.17, 15) is 0 Å². The lowest BCUT2D eigenvalue weighted by molar-refractivity contribution is 0.317. The third-order valence-electron chi connectivity index (χ3n) is 1.49. The minimum Gasteiger partial charge on any atom is -0.329 e. The summed E-state index contributed by atoms with van der Waals surface area (Å²) in [4.78, 5) is 2.20. The lowest BCUT2D eigenvalue weighted by atomic mass is 10.6. The zero-order chi connectivity index (χ0) is 8.53. The van der Waals surface area contributed by atoms with Crippen molar-refractivity contribution in [2.24, 2.45) is 5.73 Å². The molecule has 0 spiro atoms. The highest BCUT2D eigenvalue weighted by molar-refractivity contribution is 4.47. The Labute approximate surface area is 69.1 Å². The van der Waals surface area contributed by atoms with Crippen molar-refractivity contribution in [1.82, 2.24) is 15.5 Å². The van der Waals surface area contributed by atoms with E-state index >= 15 is 0 Å². The Kier molecular flexibility index (Phi) is 7.83. The molecule has 0 aliphatic rings. The predicted octanol–water partition coefficient (Wildman–Crippen LogP) is -1.01. The van der Waals surface area contributed by atoms with E-state index in [2.05, 4.69) is 29.5 Å². The van der Waals surface area contributed by atoms with Crippen LogP contribution in [0, 0.1) is 0 Å². The maximum atomic E-state index is 5.30. The fourth-order valence-electron chi connectivity index (χ4n) is 0.637. The van der Waals surface area contributed by atoms with Crippen LogP contribution in [-0.4, -0.2) is 44.9 Å². The molecular weight excluding hydrogens is 140 g/mol. The van der Waals surface area contributed by atoms with Gasteiger partial charge in [0.25, 0.3) is 0 Å². The second-order valence-electron chi connectivity index (χ2n) is 2.55. The van der Waals surface area contributed by atoms with Gasteiger partial charge in [0.2, 0.25) is 0 Å². The van der Waals surface area contributed by atoms with Crippen LogP contribution in [0.15, 0.2) is 0 Å². The summed E-state index contributed by atoms with van der Waals surface area (Å²) in [6.07, 6.45) is 0. The van der Waals surface area contributed by atoms with Gasteiger partial charge in [0.05, 0.1) is 0 Å². The molecule has 0 aromatic rings. The fourth-order valence-corrected chi connectivity index (χ4v) is 0.637. The number of nitrogens with zero attached hydrogens (tertiary/aromatic N) is 1. The summed E-state index contributed by atoms with van der Waals surface area (Å²) in [5.41, 5.74) is 5.30. The van der Waals surface area contributed by atoms with Gasteiger partial charge < -0.3 is 11.1 Å². The number of hydrogen-bond acceptors (Lipinski definition) is 4. The molecule has 0 aliphatic heterocycles. The Balaban J connectivity index is 2.89. The number of hydrogen-bond donors (Lipinski definition) is 3. The normalized spacial score (nSPS) is 10.9. The monoisotopic (exact) mass is 160 g/mol. The summed E-state index contributed by atoms with van der Waals surface area (Å²) in [7, 11) is 2.08. The van der Waals surface area contributed by atoms with Gasteiger partial charge in [-0.25, -0.2) is 0 Å². The lowest BCUT2D eigenvalue weighted by Gasteiger charge is -2.14. The first kappa shape index (κ1) is 10.8. The van der Waals surface area contributed by atoms with E-state index < -0.39 is 0 Å². The molecule has 4 heteroatoms. The maximum absolute atomic E-state index is 5.30. The van der Waals surface area contributed by atoms with E-state index in [0.29, 0.717) is 6.54 Å². The lowest BCUT2D eigenvalue weighted by Crippen LogP contribution is -2.38. The van der Waals surface area contributed by atoms with Crippen LogP contribution in [0.3, 0.4) is 0 Å². The van der Waals surface area contributed by atoms with Crippen molar-refractivity contribution < 1.29 is 0 Å². The number of rotatable bonds is 7. The summed E-state index contributed by atoms with van der Waals surface area (Å²) in [5, 5.41) is 6.38. The van der Waals surface area contributed by atoms with Crippen LogP contribution >= 0.6 is 0 Å². The summed E-state index contributed by atoms with van der Waals surface area (Å²) in [6, 6.07) is 0. The Bertz CT molecular complexity index is 76.8. The smallest absolute Gasteiger partial charge is 0.0487 e. The van der Waals surface area contributed by atoms with Crippen molar-refractivity contribution in [3.05, 3.63) is 0 Å². The van der Waals surface area contributed by atoms with Crippen molar-refractivity contribution in [3.63, 3.8) is 0 Å². The van der Waals surface area contributed by atoms with Crippen molar-refractivity contribution in [1.29, 1.82) is 0 Å². The van der Waals surface area contributed by atoms with Gasteiger partial charge in [0.15, 0.2) is 0 Å². The average Bonchev–Trinajstić information content (AvgIpc) is 2.04. The van der Waals surface area contributed by atoms with E-state index in [1.165, 1.54) is 0 Å². The topological polar surface area (TPSA) is 53.3 Å². The van der Waals surface area contributed by atoms with E-state index in [4.69, 9.17) is 5.73 Å². The molecule has 0 fully saturated rings. The second-order valence-corrected chi connectivity index (χ2v) is 2.55. The summed E-state index contributed by atoms with van der Waals surface area (Å²) >= 11 is 0. The van der Waals surface area contributed by atoms with Gasteiger partial charge in [-0.3, -0.25) is 10.2 Å². The predicted molar refractivity (Wildman–Crippen MR) is 48.2 cm³/mol. The fraction of sp³-hybridized carbons (Fsp3) is 1.00. The third kappa shape index (κ3) is 7.74. The summed E-state index contributed by atoms with van der Waals surface area (Å²) in [6.45, 7) is 6.54. The van der Waals surface area contributed by atoms with Crippen LogP contribution in [0.5, 0.6) is 0 Å². The molecule has 0 bridgehead atoms. The van der Waals surface area contributed by atoms with Crippen molar-refractivity contribution >= 4 is 0 Å². The van der Waals surface area contributed by atoms with Crippen LogP contribution in [-0.2, 0) is 0 Å². The van der Waals surface area contributed by atoms with Gasteiger partial charge in [-0.15, -0.1) is 0 Å². The quantitative estimate of drug-likeness (QED) is 0.330. The average molecular weight is 160 g/mol. The van der Waals surface area contributed by atoms with Gasteiger partial charge in [0.1, 0.15) is 0 Å². The van der Waals surface area contributed by atoms with Gasteiger partial charge in [-0.05, 0) is 13.6 Å². The van der Waals surface area contributed by atoms with Crippen LogP contribution in [0.4, 0.5) is 0 Å². The molecule has 11 heavy (non-hydrogen) atoms. The summed E-state index contributed by atoms with van der Waals surface area (Å²) < 4.78 is 0. The molecule has 0 saturated carbocycles. The molecule has 0 rings (SSSR count). The minimum atomic E-state index is 0.700. The van der Waals surface area contributed by atoms with Crippen molar-refractivity contribution in [2.45, 2.75) is 6.92 Å². The number of nitrogens with one attached hydrogen (secondary N) is 2. The van der Waals surface area contributed by atoms with E-state index in [1.54, 1.807) is 0 Å². The molecule has 0 radical (unpaired) electrons. The van der Waals surface area contributed by atoms with E-state index in [1.807, 2.05) is 0 Å². The first-order valence-corrected chi connectivity index (χ1v) is 4.11. The zero-order valence-corrected chi connectivity index (χ0v) is 7.56. The zero-order valence-electron chi connectivity index (χ0n) is 7.56. The summed E-state index contributed by atoms with van der Waals surface area (Å²) in [5.74, 6) is 0. The Morgan fingerprint density at radius 2 is 2.09 bits per heavy atom. The SMILES string of the molecule is CCN(C)CNCNCCN. The van der Waals surface area contributed by atoms with Crippen molar-refractivity contribution in [3.8, 4) is 0 Å². The number of nitrogens with two attached hydrogens (primary N) is 1. The first-order valence-electron chi connectivity index (χ1n) is 4.11. The van der Waals surface area contributed by atoms with Gasteiger partial charge in [0, 0.05) is 26.4 Å². The first-order chi connectivity index (χ1) is 5.31. The molecule has 0 amide bonds. The molecule has 0 saturated heterocycles. The minimum absolute atomic E-state index is 0.700. The Morgan fingerprint density at radius 1 is 1.36 bits per heavy atom. The van der Waals surface area contributed by atoms with E-state index in [0.717, 1.165) is 26.4 Å². The van der Waals surface area contributed by atoms with Crippen LogP contribution in [0.1, 0.15) is 6.92 Å². The molecule has 4 N–H and O–H groups in total. The molecule has 0 heterocycles. The molecule has 0 unspecified atom stereocenters. The Morgan fingerprint density at radius 3 is 2.64 bits per heavy atom.